The molecule has 5 rings (SSSR count). The molecule has 6 nitrogen and oxygen atoms in total. The zero-order valence-corrected chi connectivity index (χ0v) is 16.3. The number of H-pyrrole nitrogens is 2. The smallest absolute Gasteiger partial charge is 0.164 e. The zero-order valence-electron chi connectivity index (χ0n) is 16.3. The lowest BCUT2D eigenvalue weighted by Gasteiger charge is -2.12. The average Bonchev–Trinajstić information content (AvgIpc) is 3.37. The summed E-state index contributed by atoms with van der Waals surface area (Å²) in [6.07, 6.45) is 3.99. The van der Waals surface area contributed by atoms with Crippen molar-refractivity contribution in [1.82, 2.24) is 19.9 Å². The van der Waals surface area contributed by atoms with Gasteiger partial charge in [0.15, 0.2) is 11.5 Å². The highest BCUT2D eigenvalue weighted by Crippen LogP contribution is 2.32. The Bertz CT molecular complexity index is 1310. The van der Waals surface area contributed by atoms with Gasteiger partial charge in [-0.1, -0.05) is 12.1 Å². The molecule has 150 valence electrons. The molecule has 7 heteroatoms. The van der Waals surface area contributed by atoms with Gasteiger partial charge in [0.05, 0.1) is 18.1 Å². The van der Waals surface area contributed by atoms with Crippen molar-refractivity contribution in [2.24, 2.45) is 0 Å². The summed E-state index contributed by atoms with van der Waals surface area (Å²) in [5.74, 6) is 1.11. The maximum atomic E-state index is 14.9. The largest absolute Gasteiger partial charge is 0.493 e. The number of aromatic amines is 2. The molecule has 0 aliphatic heterocycles. The molecule has 0 unspecified atom stereocenters. The van der Waals surface area contributed by atoms with Gasteiger partial charge in [0.1, 0.15) is 23.9 Å². The Hall–Kier alpha value is -3.87. The van der Waals surface area contributed by atoms with Crippen LogP contribution in [0.1, 0.15) is 17.0 Å². The van der Waals surface area contributed by atoms with Crippen LogP contribution in [0.4, 0.5) is 4.39 Å². The van der Waals surface area contributed by atoms with Crippen molar-refractivity contribution >= 4 is 22.1 Å². The van der Waals surface area contributed by atoms with Crippen molar-refractivity contribution in [3.8, 4) is 11.5 Å². The molecule has 2 aromatic carbocycles. The Morgan fingerprint density at radius 2 is 1.93 bits per heavy atom. The van der Waals surface area contributed by atoms with E-state index in [4.69, 9.17) is 9.47 Å². The van der Waals surface area contributed by atoms with Gasteiger partial charge in [-0.15, -0.1) is 0 Å². The molecule has 5 aromatic rings. The summed E-state index contributed by atoms with van der Waals surface area (Å²) in [5, 5.41) is 0.973. The molecule has 0 fully saturated rings. The van der Waals surface area contributed by atoms with Gasteiger partial charge in [-0.2, -0.15) is 0 Å². The normalized spacial score (nSPS) is 11.3. The predicted molar refractivity (Wildman–Crippen MR) is 112 cm³/mol. The van der Waals surface area contributed by atoms with Crippen LogP contribution in [0, 0.1) is 5.82 Å². The number of fused-ring (bicyclic) bond motifs is 2. The molecule has 0 bridgehead atoms. The van der Waals surface area contributed by atoms with Gasteiger partial charge < -0.3 is 19.4 Å². The molecule has 0 radical (unpaired) electrons. The molecule has 0 atom stereocenters. The number of pyridine rings is 1. The Morgan fingerprint density at radius 3 is 2.80 bits per heavy atom. The molecule has 0 aliphatic carbocycles. The molecule has 2 N–H and O–H groups in total. The number of methoxy groups -OCH3 is 1. The van der Waals surface area contributed by atoms with Gasteiger partial charge in [-0.05, 0) is 41.5 Å². The van der Waals surface area contributed by atoms with E-state index in [-0.39, 0.29) is 12.4 Å². The van der Waals surface area contributed by atoms with Crippen molar-refractivity contribution in [1.29, 1.82) is 0 Å². The fourth-order valence-electron chi connectivity index (χ4n) is 3.57. The van der Waals surface area contributed by atoms with E-state index in [1.165, 1.54) is 6.07 Å². The lowest BCUT2D eigenvalue weighted by molar-refractivity contribution is 0.275. The maximum Gasteiger partial charge on any atom is 0.164 e. The van der Waals surface area contributed by atoms with Crippen molar-refractivity contribution in [3.63, 3.8) is 0 Å². The number of hydrogen-bond donors (Lipinski definition) is 2. The highest BCUT2D eigenvalue weighted by atomic mass is 19.1. The second kappa shape index (κ2) is 7.51. The highest BCUT2D eigenvalue weighted by molar-refractivity contribution is 5.80. The summed E-state index contributed by atoms with van der Waals surface area (Å²) >= 11 is 0. The minimum absolute atomic E-state index is 0.179. The number of rotatable bonds is 6. The van der Waals surface area contributed by atoms with E-state index in [2.05, 4.69) is 19.9 Å². The molecule has 3 aromatic heterocycles. The van der Waals surface area contributed by atoms with Crippen LogP contribution in [0.2, 0.25) is 0 Å². The SMILES string of the molecule is COc1cc(Cc2c[nH]c3ncccc23)c(F)cc1OCc1nc2ccccc2[nH]1. The number of ether oxygens (including phenoxy) is 2. The lowest BCUT2D eigenvalue weighted by Crippen LogP contribution is -2.02. The van der Waals surface area contributed by atoms with Crippen molar-refractivity contribution < 1.29 is 13.9 Å². The number of nitrogens with one attached hydrogen (secondary N) is 2. The molecule has 30 heavy (non-hydrogen) atoms. The van der Waals surface area contributed by atoms with Gasteiger partial charge in [-0.25, -0.2) is 14.4 Å². The Kier molecular flexibility index (Phi) is 4.55. The van der Waals surface area contributed by atoms with Crippen LogP contribution in [-0.4, -0.2) is 27.0 Å². The number of nitrogens with zero attached hydrogens (tertiary/aromatic N) is 2. The summed E-state index contributed by atoms with van der Waals surface area (Å²) in [4.78, 5) is 15.1. The number of imidazole rings is 1. The summed E-state index contributed by atoms with van der Waals surface area (Å²) in [7, 11) is 1.54. The third kappa shape index (κ3) is 3.34. The second-order valence-electron chi connectivity index (χ2n) is 6.97. The fourth-order valence-corrected chi connectivity index (χ4v) is 3.57. The molecular formula is C23H19FN4O2. The Balaban J connectivity index is 1.39. The van der Waals surface area contributed by atoms with Crippen molar-refractivity contribution in [2.75, 3.05) is 7.11 Å². The minimum atomic E-state index is -0.353. The molecule has 0 amide bonds. The first kappa shape index (κ1) is 18.2. The minimum Gasteiger partial charge on any atom is -0.493 e. The Morgan fingerprint density at radius 1 is 1.03 bits per heavy atom. The number of benzene rings is 2. The lowest BCUT2D eigenvalue weighted by atomic mass is 10.0. The zero-order chi connectivity index (χ0) is 20.5. The van der Waals surface area contributed by atoms with Crippen LogP contribution >= 0.6 is 0 Å². The van der Waals surface area contributed by atoms with E-state index >= 15 is 0 Å². The van der Waals surface area contributed by atoms with E-state index in [1.807, 2.05) is 42.6 Å². The monoisotopic (exact) mass is 402 g/mol. The topological polar surface area (TPSA) is 75.8 Å². The van der Waals surface area contributed by atoms with Crippen LogP contribution in [0.5, 0.6) is 11.5 Å². The van der Waals surface area contributed by atoms with Crippen molar-refractivity contribution in [3.05, 3.63) is 83.7 Å². The van der Waals surface area contributed by atoms with E-state index in [0.717, 1.165) is 27.6 Å². The van der Waals surface area contributed by atoms with E-state index in [0.29, 0.717) is 29.3 Å². The van der Waals surface area contributed by atoms with Gasteiger partial charge in [0.25, 0.3) is 0 Å². The van der Waals surface area contributed by atoms with Crippen molar-refractivity contribution in [2.45, 2.75) is 13.0 Å². The average molecular weight is 402 g/mol. The van der Waals surface area contributed by atoms with Crippen LogP contribution in [0.25, 0.3) is 22.1 Å². The highest BCUT2D eigenvalue weighted by Gasteiger charge is 2.15. The molecular weight excluding hydrogens is 383 g/mol. The summed E-state index contributed by atoms with van der Waals surface area (Å²) in [5.41, 5.74) is 4.06. The number of aromatic nitrogens is 4. The van der Waals surface area contributed by atoms with Crippen LogP contribution in [-0.2, 0) is 13.0 Å². The van der Waals surface area contributed by atoms with Crippen LogP contribution in [0.15, 0.2) is 60.9 Å². The second-order valence-corrected chi connectivity index (χ2v) is 6.97. The van der Waals surface area contributed by atoms with Gasteiger partial charge >= 0.3 is 0 Å². The first-order valence-corrected chi connectivity index (χ1v) is 9.55. The van der Waals surface area contributed by atoms with E-state index in [1.54, 1.807) is 19.4 Å². The Labute approximate surface area is 171 Å². The first-order chi connectivity index (χ1) is 14.7. The summed E-state index contributed by atoms with van der Waals surface area (Å²) in [6, 6.07) is 14.6. The van der Waals surface area contributed by atoms with Gasteiger partial charge in [0.2, 0.25) is 0 Å². The molecule has 0 saturated carbocycles. The molecule has 0 saturated heterocycles. The van der Waals surface area contributed by atoms with E-state index < -0.39 is 0 Å². The molecule has 0 aliphatic rings. The standard InChI is InChI=1S/C23H19FN4O2/c1-29-20-10-14(9-15-12-26-23-16(15)5-4-8-25-23)17(24)11-21(20)30-13-22-27-18-6-2-3-7-19(18)28-22/h2-8,10-12H,9,13H2,1H3,(H,25,26)(H,27,28). The molecule has 3 heterocycles. The first-order valence-electron chi connectivity index (χ1n) is 9.55. The van der Waals surface area contributed by atoms with Gasteiger partial charge in [0, 0.05) is 30.3 Å². The summed E-state index contributed by atoms with van der Waals surface area (Å²) in [6.45, 7) is 0.179. The number of para-hydroxylation sites is 2. The third-order valence-corrected chi connectivity index (χ3v) is 5.05. The third-order valence-electron chi connectivity index (χ3n) is 5.05. The van der Waals surface area contributed by atoms with Crippen LogP contribution < -0.4 is 9.47 Å². The van der Waals surface area contributed by atoms with E-state index in [9.17, 15) is 4.39 Å². The summed E-state index contributed by atoms with van der Waals surface area (Å²) < 4.78 is 26.1. The van der Waals surface area contributed by atoms with Gasteiger partial charge in [-0.3, -0.25) is 0 Å². The maximum absolute atomic E-state index is 14.9. The fraction of sp³-hybridized carbons (Fsp3) is 0.130. The predicted octanol–water partition coefficient (Wildman–Crippen LogP) is 4.76. The number of halogens is 1. The quantitative estimate of drug-likeness (QED) is 0.430. The number of hydrogen-bond acceptors (Lipinski definition) is 4. The van der Waals surface area contributed by atoms with Crippen LogP contribution in [0.3, 0.4) is 0 Å². The molecule has 0 spiro atoms.